The summed E-state index contributed by atoms with van der Waals surface area (Å²) in [5.41, 5.74) is 2.04. The molecule has 2 aromatic rings. The van der Waals surface area contributed by atoms with Crippen molar-refractivity contribution in [3.8, 4) is 10.7 Å². The van der Waals surface area contributed by atoms with E-state index < -0.39 is 0 Å². The number of rotatable bonds is 5. The van der Waals surface area contributed by atoms with E-state index >= 15 is 0 Å². The van der Waals surface area contributed by atoms with Gasteiger partial charge in [0.2, 0.25) is 0 Å². The molecule has 1 atom stereocenters. The molecule has 3 nitrogen and oxygen atoms in total. The predicted molar refractivity (Wildman–Crippen MR) is 71.9 cm³/mol. The topological polar surface area (TPSA) is 37.8 Å². The lowest BCUT2D eigenvalue weighted by Gasteiger charge is -2.08. The van der Waals surface area contributed by atoms with Crippen molar-refractivity contribution in [2.24, 2.45) is 0 Å². The molecule has 0 aromatic carbocycles. The van der Waals surface area contributed by atoms with Gasteiger partial charge in [-0.25, -0.2) is 4.98 Å². The van der Waals surface area contributed by atoms with Gasteiger partial charge in [-0.3, -0.25) is 4.98 Å². The van der Waals surface area contributed by atoms with E-state index in [2.05, 4.69) is 34.5 Å². The normalized spacial score (nSPS) is 12.6. The number of hydrogen-bond acceptors (Lipinski definition) is 4. The number of thiazole rings is 1. The second-order valence-corrected chi connectivity index (χ2v) is 4.91. The van der Waals surface area contributed by atoms with E-state index in [0.717, 1.165) is 29.4 Å². The van der Waals surface area contributed by atoms with Crippen LogP contribution in [0.25, 0.3) is 10.7 Å². The molecular weight excluding hydrogens is 230 g/mol. The van der Waals surface area contributed by atoms with Crippen molar-refractivity contribution in [3.05, 3.63) is 35.5 Å². The smallest absolute Gasteiger partial charge is 0.142 e. The molecular formula is C13H17N3S. The summed E-state index contributed by atoms with van der Waals surface area (Å²) in [5.74, 6) is 0. The van der Waals surface area contributed by atoms with Gasteiger partial charge in [0, 0.05) is 24.2 Å². The molecule has 0 aliphatic heterocycles. The van der Waals surface area contributed by atoms with Gasteiger partial charge in [-0.15, -0.1) is 11.3 Å². The largest absolute Gasteiger partial charge is 0.309 e. The Morgan fingerprint density at radius 3 is 3.00 bits per heavy atom. The van der Waals surface area contributed by atoms with E-state index in [-0.39, 0.29) is 0 Å². The minimum atomic E-state index is 0.537. The van der Waals surface area contributed by atoms with E-state index in [1.165, 1.54) is 0 Å². The van der Waals surface area contributed by atoms with Gasteiger partial charge in [-0.05, 0) is 25.5 Å². The van der Waals surface area contributed by atoms with Crippen molar-refractivity contribution in [1.29, 1.82) is 0 Å². The van der Waals surface area contributed by atoms with Crippen molar-refractivity contribution in [3.63, 3.8) is 0 Å². The van der Waals surface area contributed by atoms with Crippen LogP contribution in [0.5, 0.6) is 0 Å². The number of hydrogen-bond donors (Lipinski definition) is 1. The Bertz CT molecular complexity index is 453. The third-order valence-corrected chi connectivity index (χ3v) is 3.59. The van der Waals surface area contributed by atoms with Crippen molar-refractivity contribution in [2.45, 2.75) is 32.9 Å². The molecule has 0 spiro atoms. The summed E-state index contributed by atoms with van der Waals surface area (Å²) < 4.78 is 0. The summed E-state index contributed by atoms with van der Waals surface area (Å²) >= 11 is 1.65. The maximum Gasteiger partial charge on any atom is 0.142 e. The summed E-state index contributed by atoms with van der Waals surface area (Å²) in [6.45, 7) is 5.20. The highest BCUT2D eigenvalue weighted by molar-refractivity contribution is 7.13. The number of nitrogens with one attached hydrogen (secondary N) is 1. The lowest BCUT2D eigenvalue weighted by molar-refractivity contribution is 0.530. The molecule has 0 bridgehead atoms. The van der Waals surface area contributed by atoms with Crippen molar-refractivity contribution < 1.29 is 0 Å². The zero-order valence-corrected chi connectivity index (χ0v) is 11.0. The Morgan fingerprint density at radius 1 is 1.41 bits per heavy atom. The molecule has 2 aromatic heterocycles. The van der Waals surface area contributed by atoms with Crippen LogP contribution in [0.4, 0.5) is 0 Å². The Morgan fingerprint density at radius 2 is 2.29 bits per heavy atom. The zero-order valence-electron chi connectivity index (χ0n) is 10.2. The van der Waals surface area contributed by atoms with Gasteiger partial charge in [0.05, 0.1) is 11.4 Å². The minimum absolute atomic E-state index is 0.537. The van der Waals surface area contributed by atoms with Crippen LogP contribution in [-0.4, -0.2) is 16.0 Å². The van der Waals surface area contributed by atoms with Gasteiger partial charge >= 0.3 is 0 Å². The number of nitrogens with zero attached hydrogens (tertiary/aromatic N) is 2. The molecule has 1 unspecified atom stereocenters. The first-order valence-corrected chi connectivity index (χ1v) is 6.76. The minimum Gasteiger partial charge on any atom is -0.309 e. The zero-order chi connectivity index (χ0) is 12.1. The average molecular weight is 247 g/mol. The summed E-state index contributed by atoms with van der Waals surface area (Å²) in [5, 5.41) is 6.53. The molecule has 17 heavy (non-hydrogen) atoms. The van der Waals surface area contributed by atoms with Crippen LogP contribution in [0.1, 0.15) is 26.0 Å². The van der Waals surface area contributed by atoms with E-state index in [0.29, 0.717) is 6.04 Å². The molecule has 0 radical (unpaired) electrons. The summed E-state index contributed by atoms with van der Waals surface area (Å²) in [4.78, 5) is 8.88. The fourth-order valence-corrected chi connectivity index (χ4v) is 2.21. The maximum atomic E-state index is 4.58. The van der Waals surface area contributed by atoms with Crippen LogP contribution in [0, 0.1) is 0 Å². The Labute approximate surface area is 106 Å². The van der Waals surface area contributed by atoms with Crippen LogP contribution in [-0.2, 0) is 6.54 Å². The van der Waals surface area contributed by atoms with E-state index in [1.54, 1.807) is 17.5 Å². The van der Waals surface area contributed by atoms with Crippen LogP contribution in [0.2, 0.25) is 0 Å². The van der Waals surface area contributed by atoms with Crippen LogP contribution < -0.4 is 5.32 Å². The molecule has 2 heterocycles. The van der Waals surface area contributed by atoms with Crippen LogP contribution in [0.3, 0.4) is 0 Å². The maximum absolute atomic E-state index is 4.58. The van der Waals surface area contributed by atoms with E-state index in [1.807, 2.05) is 18.2 Å². The standard InChI is InChI=1S/C13H17N3S/c1-3-10(2)15-8-11-9-17-13(16-11)12-6-4-5-7-14-12/h4-7,9-10,15H,3,8H2,1-2H3. The first kappa shape index (κ1) is 12.2. The number of pyridine rings is 1. The summed E-state index contributed by atoms with van der Waals surface area (Å²) in [6.07, 6.45) is 2.94. The average Bonchev–Trinajstić information content (AvgIpc) is 2.86. The second-order valence-electron chi connectivity index (χ2n) is 4.05. The molecule has 90 valence electrons. The SMILES string of the molecule is CCC(C)NCc1csc(-c2ccccn2)n1. The number of aromatic nitrogens is 2. The molecule has 2 rings (SSSR count). The molecule has 0 saturated carbocycles. The van der Waals surface area contributed by atoms with Gasteiger partial charge in [0.1, 0.15) is 5.01 Å². The Kier molecular flexibility index (Phi) is 4.23. The lowest BCUT2D eigenvalue weighted by atomic mass is 10.2. The van der Waals surface area contributed by atoms with E-state index in [9.17, 15) is 0 Å². The summed E-state index contributed by atoms with van der Waals surface area (Å²) in [7, 11) is 0. The van der Waals surface area contributed by atoms with Crippen molar-refractivity contribution in [2.75, 3.05) is 0 Å². The van der Waals surface area contributed by atoms with Crippen LogP contribution in [0.15, 0.2) is 29.8 Å². The molecule has 0 saturated heterocycles. The highest BCUT2D eigenvalue weighted by atomic mass is 32.1. The summed E-state index contributed by atoms with van der Waals surface area (Å²) in [6, 6.07) is 6.43. The fourth-order valence-electron chi connectivity index (χ4n) is 1.42. The monoisotopic (exact) mass is 247 g/mol. The predicted octanol–water partition coefficient (Wildman–Crippen LogP) is 3.09. The molecule has 4 heteroatoms. The van der Waals surface area contributed by atoms with Crippen molar-refractivity contribution in [1.82, 2.24) is 15.3 Å². The Hall–Kier alpha value is -1.26. The molecule has 1 N–H and O–H groups in total. The second kappa shape index (κ2) is 5.89. The first-order chi connectivity index (χ1) is 8.29. The third-order valence-electron chi connectivity index (χ3n) is 2.68. The fraction of sp³-hybridized carbons (Fsp3) is 0.385. The van der Waals surface area contributed by atoms with Gasteiger partial charge in [0.25, 0.3) is 0 Å². The quantitative estimate of drug-likeness (QED) is 0.882. The molecule has 0 aliphatic carbocycles. The van der Waals surface area contributed by atoms with Crippen molar-refractivity contribution >= 4 is 11.3 Å². The highest BCUT2D eigenvalue weighted by Gasteiger charge is 2.06. The third kappa shape index (κ3) is 3.35. The van der Waals surface area contributed by atoms with E-state index in [4.69, 9.17) is 0 Å². The molecule has 0 amide bonds. The van der Waals surface area contributed by atoms with Gasteiger partial charge in [0.15, 0.2) is 0 Å². The van der Waals surface area contributed by atoms with Crippen LogP contribution >= 0.6 is 11.3 Å². The highest BCUT2D eigenvalue weighted by Crippen LogP contribution is 2.21. The van der Waals surface area contributed by atoms with Gasteiger partial charge in [-0.2, -0.15) is 0 Å². The Balaban J connectivity index is 2.01. The molecule has 0 aliphatic rings. The lowest BCUT2D eigenvalue weighted by Crippen LogP contribution is -2.24. The molecule has 0 fully saturated rings. The first-order valence-electron chi connectivity index (χ1n) is 5.88. The van der Waals surface area contributed by atoms with Gasteiger partial charge in [-0.1, -0.05) is 13.0 Å². The van der Waals surface area contributed by atoms with Gasteiger partial charge < -0.3 is 5.32 Å².